The van der Waals surface area contributed by atoms with Crippen LogP contribution in [0.5, 0.6) is 5.75 Å². The summed E-state index contributed by atoms with van der Waals surface area (Å²) >= 11 is 0. The third-order valence-electron chi connectivity index (χ3n) is 2.94. The fourth-order valence-corrected chi connectivity index (χ4v) is 1.92. The van der Waals surface area contributed by atoms with Gasteiger partial charge in [-0.2, -0.15) is 0 Å². The molecule has 0 saturated carbocycles. The molecule has 0 amide bonds. The van der Waals surface area contributed by atoms with Gasteiger partial charge in [0.15, 0.2) is 0 Å². The van der Waals surface area contributed by atoms with Crippen LogP contribution in [0.2, 0.25) is 0 Å². The second-order valence-corrected chi connectivity index (χ2v) is 4.32. The SMILES string of the molecule is OCc1cc(F)cc(OCC2CCOCC2)c1. The molecule has 4 heteroatoms. The minimum atomic E-state index is -0.376. The van der Waals surface area contributed by atoms with E-state index >= 15 is 0 Å². The third kappa shape index (κ3) is 3.68. The smallest absolute Gasteiger partial charge is 0.127 e. The van der Waals surface area contributed by atoms with Gasteiger partial charge in [-0.15, -0.1) is 0 Å². The van der Waals surface area contributed by atoms with Crippen molar-refractivity contribution in [3.63, 3.8) is 0 Å². The molecule has 0 radical (unpaired) electrons. The number of aliphatic hydroxyl groups excluding tert-OH is 1. The van der Waals surface area contributed by atoms with Gasteiger partial charge in [-0.05, 0) is 36.5 Å². The van der Waals surface area contributed by atoms with Gasteiger partial charge in [0.2, 0.25) is 0 Å². The Morgan fingerprint density at radius 3 is 2.76 bits per heavy atom. The van der Waals surface area contributed by atoms with Crippen molar-refractivity contribution in [2.75, 3.05) is 19.8 Å². The van der Waals surface area contributed by atoms with Crippen molar-refractivity contribution in [1.29, 1.82) is 0 Å². The lowest BCUT2D eigenvalue weighted by atomic mass is 10.0. The Balaban J connectivity index is 1.91. The molecule has 0 aliphatic carbocycles. The first-order valence-corrected chi connectivity index (χ1v) is 5.89. The number of rotatable bonds is 4. The molecule has 2 rings (SSSR count). The number of ether oxygens (including phenoxy) is 2. The summed E-state index contributed by atoms with van der Waals surface area (Å²) in [4.78, 5) is 0. The van der Waals surface area contributed by atoms with E-state index in [0.29, 0.717) is 23.8 Å². The standard InChI is InChI=1S/C13H17FO3/c14-12-5-11(8-15)6-13(7-12)17-9-10-1-3-16-4-2-10/h5-7,10,15H,1-4,8-9H2. The Hall–Kier alpha value is -1.13. The lowest BCUT2D eigenvalue weighted by Gasteiger charge is -2.22. The van der Waals surface area contributed by atoms with Gasteiger partial charge >= 0.3 is 0 Å². The van der Waals surface area contributed by atoms with Crippen molar-refractivity contribution >= 4 is 0 Å². The van der Waals surface area contributed by atoms with Crippen LogP contribution in [0, 0.1) is 11.7 Å². The first-order valence-electron chi connectivity index (χ1n) is 5.89. The molecule has 1 N–H and O–H groups in total. The Bertz CT molecular complexity index is 362. The van der Waals surface area contributed by atoms with Gasteiger partial charge in [0, 0.05) is 19.3 Å². The fourth-order valence-electron chi connectivity index (χ4n) is 1.92. The monoisotopic (exact) mass is 240 g/mol. The van der Waals surface area contributed by atoms with Gasteiger partial charge in [0.25, 0.3) is 0 Å². The summed E-state index contributed by atoms with van der Waals surface area (Å²) in [5, 5.41) is 8.96. The molecular formula is C13H17FO3. The lowest BCUT2D eigenvalue weighted by molar-refractivity contribution is 0.0497. The van der Waals surface area contributed by atoms with E-state index in [9.17, 15) is 4.39 Å². The zero-order chi connectivity index (χ0) is 12.1. The Morgan fingerprint density at radius 1 is 1.29 bits per heavy atom. The molecule has 1 aromatic rings. The molecule has 94 valence electrons. The molecule has 1 heterocycles. The quantitative estimate of drug-likeness (QED) is 0.876. The molecule has 1 aliphatic rings. The summed E-state index contributed by atoms with van der Waals surface area (Å²) in [6.07, 6.45) is 1.98. The molecule has 1 saturated heterocycles. The van der Waals surface area contributed by atoms with Crippen LogP contribution in [0.1, 0.15) is 18.4 Å². The second-order valence-electron chi connectivity index (χ2n) is 4.32. The van der Waals surface area contributed by atoms with Crippen molar-refractivity contribution in [3.05, 3.63) is 29.6 Å². The molecule has 0 bridgehead atoms. The number of benzene rings is 1. The predicted octanol–water partition coefficient (Wildman–Crippen LogP) is 2.12. The maximum absolute atomic E-state index is 13.2. The van der Waals surface area contributed by atoms with Gasteiger partial charge in [-0.25, -0.2) is 4.39 Å². The van der Waals surface area contributed by atoms with E-state index in [0.717, 1.165) is 26.1 Å². The van der Waals surface area contributed by atoms with Crippen molar-refractivity contribution in [2.24, 2.45) is 5.92 Å². The van der Waals surface area contributed by atoms with Gasteiger partial charge in [-0.1, -0.05) is 0 Å². The number of hydrogen-bond acceptors (Lipinski definition) is 3. The van der Waals surface area contributed by atoms with E-state index in [2.05, 4.69) is 0 Å². The summed E-state index contributed by atoms with van der Waals surface area (Å²) < 4.78 is 24.0. The summed E-state index contributed by atoms with van der Waals surface area (Å²) in [6.45, 7) is 1.96. The molecule has 0 aromatic heterocycles. The van der Waals surface area contributed by atoms with E-state index in [4.69, 9.17) is 14.6 Å². The highest BCUT2D eigenvalue weighted by molar-refractivity contribution is 5.29. The van der Waals surface area contributed by atoms with Crippen LogP contribution >= 0.6 is 0 Å². The Morgan fingerprint density at radius 2 is 2.06 bits per heavy atom. The average Bonchev–Trinajstić information content (AvgIpc) is 2.37. The molecular weight excluding hydrogens is 223 g/mol. The van der Waals surface area contributed by atoms with Gasteiger partial charge < -0.3 is 14.6 Å². The van der Waals surface area contributed by atoms with Crippen molar-refractivity contribution in [2.45, 2.75) is 19.4 Å². The van der Waals surface area contributed by atoms with Crippen LogP contribution in [-0.4, -0.2) is 24.9 Å². The molecule has 17 heavy (non-hydrogen) atoms. The number of halogens is 1. The average molecular weight is 240 g/mol. The Labute approximate surface area is 100 Å². The minimum absolute atomic E-state index is 0.175. The van der Waals surface area contributed by atoms with Crippen LogP contribution < -0.4 is 4.74 Å². The molecule has 1 aromatic carbocycles. The third-order valence-corrected chi connectivity index (χ3v) is 2.94. The van der Waals surface area contributed by atoms with E-state index in [-0.39, 0.29) is 12.4 Å². The first-order chi connectivity index (χ1) is 8.28. The maximum atomic E-state index is 13.2. The maximum Gasteiger partial charge on any atom is 0.127 e. The molecule has 3 nitrogen and oxygen atoms in total. The molecule has 0 atom stereocenters. The highest BCUT2D eigenvalue weighted by atomic mass is 19.1. The normalized spacial score (nSPS) is 17.1. The lowest BCUT2D eigenvalue weighted by Crippen LogP contribution is -2.21. The largest absolute Gasteiger partial charge is 0.493 e. The Kier molecular flexibility index (Phi) is 4.34. The van der Waals surface area contributed by atoms with Crippen molar-refractivity contribution in [1.82, 2.24) is 0 Å². The zero-order valence-corrected chi connectivity index (χ0v) is 9.69. The van der Waals surface area contributed by atoms with Crippen LogP contribution in [0.15, 0.2) is 18.2 Å². The number of hydrogen-bond donors (Lipinski definition) is 1. The topological polar surface area (TPSA) is 38.7 Å². The summed E-state index contributed by atoms with van der Waals surface area (Å²) in [5.41, 5.74) is 0.534. The van der Waals surface area contributed by atoms with Crippen molar-refractivity contribution in [3.8, 4) is 5.75 Å². The molecule has 0 spiro atoms. The summed E-state index contributed by atoms with van der Waals surface area (Å²) in [6, 6.07) is 4.32. The van der Waals surface area contributed by atoms with Crippen LogP contribution in [0.25, 0.3) is 0 Å². The van der Waals surface area contributed by atoms with Gasteiger partial charge in [0.05, 0.1) is 13.2 Å². The van der Waals surface area contributed by atoms with Gasteiger partial charge in [-0.3, -0.25) is 0 Å². The van der Waals surface area contributed by atoms with Gasteiger partial charge in [0.1, 0.15) is 11.6 Å². The molecule has 1 fully saturated rings. The highest BCUT2D eigenvalue weighted by Gasteiger charge is 2.14. The van der Waals surface area contributed by atoms with Crippen LogP contribution in [0.4, 0.5) is 4.39 Å². The van der Waals surface area contributed by atoms with Crippen molar-refractivity contribution < 1.29 is 19.0 Å². The second kappa shape index (κ2) is 5.98. The first kappa shape index (κ1) is 12.3. The highest BCUT2D eigenvalue weighted by Crippen LogP contribution is 2.20. The molecule has 0 unspecified atom stereocenters. The number of aliphatic hydroxyl groups is 1. The zero-order valence-electron chi connectivity index (χ0n) is 9.69. The van der Waals surface area contributed by atoms with E-state index in [1.807, 2.05) is 0 Å². The van der Waals surface area contributed by atoms with E-state index in [1.165, 1.54) is 12.1 Å². The van der Waals surface area contributed by atoms with E-state index < -0.39 is 0 Å². The van der Waals surface area contributed by atoms with E-state index in [1.54, 1.807) is 6.07 Å². The summed E-state index contributed by atoms with van der Waals surface area (Å²) in [5.74, 6) is 0.587. The summed E-state index contributed by atoms with van der Waals surface area (Å²) in [7, 11) is 0. The van der Waals surface area contributed by atoms with Crippen LogP contribution in [-0.2, 0) is 11.3 Å². The predicted molar refractivity (Wildman–Crippen MR) is 61.4 cm³/mol. The molecule has 1 aliphatic heterocycles. The fraction of sp³-hybridized carbons (Fsp3) is 0.538. The van der Waals surface area contributed by atoms with Crippen LogP contribution in [0.3, 0.4) is 0 Å². The minimum Gasteiger partial charge on any atom is -0.493 e.